The highest BCUT2D eigenvalue weighted by atomic mass is 19.1. The van der Waals surface area contributed by atoms with Crippen molar-refractivity contribution in [3.63, 3.8) is 0 Å². The third-order valence-electron chi connectivity index (χ3n) is 5.85. The Bertz CT molecular complexity index is 1140. The lowest BCUT2D eigenvalue weighted by atomic mass is 9.98. The number of carbonyl (C=O) groups is 2. The van der Waals surface area contributed by atoms with Crippen LogP contribution in [0.5, 0.6) is 5.75 Å². The van der Waals surface area contributed by atoms with Crippen molar-refractivity contribution in [3.05, 3.63) is 82.9 Å². The number of amides is 1. The molecule has 1 saturated heterocycles. The predicted molar refractivity (Wildman–Crippen MR) is 112 cm³/mol. The molecule has 7 heteroatoms. The summed E-state index contributed by atoms with van der Waals surface area (Å²) in [6, 6.07) is 11.0. The molecule has 2 aliphatic heterocycles. The van der Waals surface area contributed by atoms with E-state index in [2.05, 4.69) is 5.32 Å². The number of β-amino-alcohol motifs (C(OH)–C–C–N with tert-alkyl or cyclic N) is 1. The number of benzene rings is 2. The fourth-order valence-corrected chi connectivity index (χ4v) is 4.29. The highest BCUT2D eigenvalue weighted by Gasteiger charge is 2.43. The molecule has 0 aromatic heterocycles. The minimum atomic E-state index is -1.17. The van der Waals surface area contributed by atoms with Gasteiger partial charge in [-0.05, 0) is 72.2 Å². The highest BCUT2D eigenvalue weighted by Crippen LogP contribution is 2.36. The molecule has 1 atom stereocenters. The minimum absolute atomic E-state index is 0.00691. The third kappa shape index (κ3) is 3.89. The van der Waals surface area contributed by atoms with E-state index in [0.717, 1.165) is 16.8 Å². The number of hydrogen-bond donors (Lipinski definition) is 2. The number of rotatable bonds is 5. The number of aryl methyl sites for hydroxylation is 1. The van der Waals surface area contributed by atoms with Crippen molar-refractivity contribution in [1.29, 1.82) is 0 Å². The summed E-state index contributed by atoms with van der Waals surface area (Å²) in [4.78, 5) is 26.2. The number of likely N-dealkylation sites (tertiary alicyclic amines) is 1. The van der Waals surface area contributed by atoms with Gasteiger partial charge in [-0.25, -0.2) is 4.39 Å². The summed E-state index contributed by atoms with van der Waals surface area (Å²) in [5.74, 6) is 0.615. The first kappa shape index (κ1) is 19.7. The maximum absolute atomic E-state index is 13.0. The maximum Gasteiger partial charge on any atom is 0.224 e. The third-order valence-corrected chi connectivity index (χ3v) is 5.85. The van der Waals surface area contributed by atoms with E-state index in [4.69, 9.17) is 4.74 Å². The smallest absolute Gasteiger partial charge is 0.224 e. The lowest BCUT2D eigenvalue weighted by molar-refractivity contribution is -0.116. The molecule has 6 nitrogen and oxygen atoms in total. The molecule has 0 bridgehead atoms. The van der Waals surface area contributed by atoms with Gasteiger partial charge in [0.2, 0.25) is 5.91 Å². The Morgan fingerprint density at radius 2 is 2.00 bits per heavy atom. The largest absolute Gasteiger partial charge is 0.458 e. The van der Waals surface area contributed by atoms with Crippen molar-refractivity contribution in [1.82, 2.24) is 4.90 Å². The van der Waals surface area contributed by atoms with Gasteiger partial charge in [0.1, 0.15) is 22.9 Å². The van der Waals surface area contributed by atoms with Gasteiger partial charge in [0, 0.05) is 30.8 Å². The first-order chi connectivity index (χ1) is 14.9. The second-order valence-electron chi connectivity index (χ2n) is 8.18. The van der Waals surface area contributed by atoms with E-state index in [1.54, 1.807) is 24.3 Å². The van der Waals surface area contributed by atoms with Gasteiger partial charge in [-0.2, -0.15) is 0 Å². The van der Waals surface area contributed by atoms with E-state index in [9.17, 15) is 19.1 Å². The first-order valence-corrected chi connectivity index (χ1v) is 10.2. The number of halogens is 1. The Kier molecular flexibility index (Phi) is 4.72. The molecule has 0 radical (unpaired) electrons. The van der Waals surface area contributed by atoms with Gasteiger partial charge >= 0.3 is 0 Å². The summed E-state index contributed by atoms with van der Waals surface area (Å²) in [5, 5.41) is 13.8. The molecule has 2 heterocycles. The quantitative estimate of drug-likeness (QED) is 0.728. The first-order valence-electron chi connectivity index (χ1n) is 10.2. The molecule has 2 aromatic carbocycles. The molecule has 1 amide bonds. The zero-order valence-corrected chi connectivity index (χ0v) is 16.7. The van der Waals surface area contributed by atoms with E-state index in [-0.39, 0.29) is 24.1 Å². The molecule has 5 rings (SSSR count). The van der Waals surface area contributed by atoms with Gasteiger partial charge in [-0.15, -0.1) is 0 Å². The molecule has 31 heavy (non-hydrogen) atoms. The molecule has 2 N–H and O–H groups in total. The molecule has 1 fully saturated rings. The second kappa shape index (κ2) is 7.44. The Hall–Kier alpha value is -3.29. The number of Topliss-reactive ketones (excluding diaryl/α,β-unsaturated/α-hetero) is 1. The summed E-state index contributed by atoms with van der Waals surface area (Å²) in [7, 11) is 0. The highest BCUT2D eigenvalue weighted by molar-refractivity contribution is 6.00. The zero-order chi connectivity index (χ0) is 21.6. The van der Waals surface area contributed by atoms with Crippen molar-refractivity contribution >= 4 is 17.4 Å². The van der Waals surface area contributed by atoms with Crippen molar-refractivity contribution in [2.75, 3.05) is 25.0 Å². The average molecular weight is 420 g/mol. The number of hydrogen-bond acceptors (Lipinski definition) is 5. The van der Waals surface area contributed by atoms with E-state index >= 15 is 0 Å². The lowest BCUT2D eigenvalue weighted by Gasteiger charge is -2.20. The van der Waals surface area contributed by atoms with Gasteiger partial charge < -0.3 is 15.2 Å². The fraction of sp³-hybridized carbons (Fsp3) is 0.250. The van der Waals surface area contributed by atoms with Crippen molar-refractivity contribution in [2.24, 2.45) is 0 Å². The monoisotopic (exact) mass is 420 g/mol. The van der Waals surface area contributed by atoms with Gasteiger partial charge in [-0.3, -0.25) is 14.5 Å². The van der Waals surface area contributed by atoms with Crippen LogP contribution in [0, 0.1) is 5.82 Å². The summed E-state index contributed by atoms with van der Waals surface area (Å²) >= 11 is 0. The normalized spacial score (nSPS) is 22.3. The van der Waals surface area contributed by atoms with Crippen LogP contribution in [0.2, 0.25) is 0 Å². The standard InChI is InChI=1S/C24H21FN2O4/c25-18-3-5-19(6-4-18)31-20-10-17-12-27(14-24(17,30)11-20)13-22(28)16-1-7-21-15(9-16)2-8-23(29)26-21/h1,3-7,9-11,30H,2,8,12-14H2,(H,26,29)/t24-/m1/s1. The van der Waals surface area contributed by atoms with Crippen LogP contribution in [0.25, 0.3) is 0 Å². The molecule has 0 unspecified atom stereocenters. The summed E-state index contributed by atoms with van der Waals surface area (Å²) < 4.78 is 18.8. The van der Waals surface area contributed by atoms with Crippen LogP contribution < -0.4 is 10.1 Å². The van der Waals surface area contributed by atoms with Crippen LogP contribution in [0.3, 0.4) is 0 Å². The van der Waals surface area contributed by atoms with Gasteiger partial charge in [0.15, 0.2) is 5.78 Å². The van der Waals surface area contributed by atoms with Crippen LogP contribution in [-0.4, -0.2) is 46.9 Å². The van der Waals surface area contributed by atoms with Gasteiger partial charge in [0.05, 0.1) is 6.54 Å². The van der Waals surface area contributed by atoms with Crippen LogP contribution in [0.15, 0.2) is 65.9 Å². The van der Waals surface area contributed by atoms with Crippen molar-refractivity contribution < 1.29 is 23.8 Å². The number of ether oxygens (including phenoxy) is 1. The summed E-state index contributed by atoms with van der Waals surface area (Å²) in [5.41, 5.74) is 1.93. The number of allylic oxidation sites excluding steroid dienone is 1. The Morgan fingerprint density at radius 3 is 2.77 bits per heavy atom. The molecule has 0 saturated carbocycles. The Balaban J connectivity index is 1.23. The zero-order valence-electron chi connectivity index (χ0n) is 16.7. The van der Waals surface area contributed by atoms with Crippen LogP contribution >= 0.6 is 0 Å². The maximum atomic E-state index is 13.0. The number of nitrogens with one attached hydrogen (secondary N) is 1. The summed E-state index contributed by atoms with van der Waals surface area (Å²) in [6.45, 7) is 0.935. The van der Waals surface area contributed by atoms with Gasteiger partial charge in [-0.1, -0.05) is 0 Å². The lowest BCUT2D eigenvalue weighted by Crippen LogP contribution is -2.34. The fourth-order valence-electron chi connectivity index (χ4n) is 4.29. The Morgan fingerprint density at radius 1 is 1.19 bits per heavy atom. The summed E-state index contributed by atoms with van der Waals surface area (Å²) in [6.07, 6.45) is 4.46. The number of ketones is 1. The van der Waals surface area contributed by atoms with Crippen LogP contribution in [0.4, 0.5) is 10.1 Å². The molecular weight excluding hydrogens is 399 g/mol. The molecule has 0 spiro atoms. The second-order valence-corrected chi connectivity index (χ2v) is 8.18. The van der Waals surface area contributed by atoms with E-state index in [1.165, 1.54) is 24.3 Å². The van der Waals surface area contributed by atoms with E-state index in [1.807, 2.05) is 11.0 Å². The molecule has 1 aliphatic carbocycles. The van der Waals surface area contributed by atoms with Crippen LogP contribution in [-0.2, 0) is 11.2 Å². The van der Waals surface area contributed by atoms with Gasteiger partial charge in [0.25, 0.3) is 0 Å². The molecule has 3 aliphatic rings. The average Bonchev–Trinajstić information content (AvgIpc) is 3.19. The molecule has 158 valence electrons. The molecular formula is C24H21FN2O4. The number of carbonyl (C=O) groups excluding carboxylic acids is 2. The molecule has 2 aromatic rings. The van der Waals surface area contributed by atoms with E-state index in [0.29, 0.717) is 43.0 Å². The van der Waals surface area contributed by atoms with Crippen molar-refractivity contribution in [2.45, 2.75) is 18.4 Å². The number of nitrogens with zero attached hydrogens (tertiary/aromatic N) is 1. The van der Waals surface area contributed by atoms with Crippen molar-refractivity contribution in [3.8, 4) is 5.75 Å². The predicted octanol–water partition coefficient (Wildman–Crippen LogP) is 2.84. The number of aliphatic hydroxyl groups is 1. The number of fused-ring (bicyclic) bond motifs is 2. The number of anilines is 1. The van der Waals surface area contributed by atoms with E-state index < -0.39 is 5.60 Å². The minimum Gasteiger partial charge on any atom is -0.458 e. The topological polar surface area (TPSA) is 78.9 Å². The Labute approximate surface area is 178 Å². The SMILES string of the molecule is O=C1CCc2cc(C(=O)CN3CC4=CC(Oc5ccc(F)cc5)=C[C@@]4(O)C3)ccc2N1. The van der Waals surface area contributed by atoms with Crippen LogP contribution in [0.1, 0.15) is 22.3 Å².